The molecule has 0 spiro atoms. The summed E-state index contributed by atoms with van der Waals surface area (Å²) in [5.74, 6) is -0.345. The minimum Gasteiger partial charge on any atom is -0.466 e. The first-order chi connectivity index (χ1) is 11.7. The quantitative estimate of drug-likeness (QED) is 0.523. The van der Waals surface area contributed by atoms with E-state index in [2.05, 4.69) is 34.0 Å². The highest BCUT2D eigenvalue weighted by Gasteiger charge is 2.00. The van der Waals surface area contributed by atoms with E-state index in [1.807, 2.05) is 36.5 Å². The molecule has 3 nitrogen and oxygen atoms in total. The van der Waals surface area contributed by atoms with Gasteiger partial charge in [0.25, 0.3) is 0 Å². The summed E-state index contributed by atoms with van der Waals surface area (Å²) in [6.45, 7) is 0. The third-order valence-electron chi connectivity index (χ3n) is 3.94. The Morgan fingerprint density at radius 3 is 2.58 bits per heavy atom. The molecule has 0 aliphatic rings. The number of para-hydroxylation sites is 1. The molecule has 3 heteroatoms. The van der Waals surface area contributed by atoms with Gasteiger partial charge in [0.15, 0.2) is 0 Å². The maximum Gasteiger partial charge on any atom is 0.330 e. The fourth-order valence-corrected chi connectivity index (χ4v) is 2.57. The topological polar surface area (TPSA) is 39.2 Å². The summed E-state index contributed by atoms with van der Waals surface area (Å²) in [6.07, 6.45) is 7.05. The number of pyridine rings is 1. The zero-order valence-corrected chi connectivity index (χ0v) is 13.6. The van der Waals surface area contributed by atoms with Crippen molar-refractivity contribution in [3.8, 4) is 0 Å². The fraction of sp³-hybridized carbons (Fsp3) is 0.143. The van der Waals surface area contributed by atoms with Crippen LogP contribution in [0.25, 0.3) is 17.0 Å². The van der Waals surface area contributed by atoms with Crippen molar-refractivity contribution in [3.05, 3.63) is 83.6 Å². The van der Waals surface area contributed by atoms with Crippen LogP contribution in [0.5, 0.6) is 0 Å². The molecular formula is C21H19NO2. The number of rotatable bonds is 5. The van der Waals surface area contributed by atoms with Crippen LogP contribution in [-0.4, -0.2) is 18.1 Å². The Labute approximate surface area is 141 Å². The second kappa shape index (κ2) is 7.55. The summed E-state index contributed by atoms with van der Waals surface area (Å²) in [6, 6.07) is 18.6. The van der Waals surface area contributed by atoms with Crippen LogP contribution in [0.15, 0.2) is 66.9 Å². The predicted molar refractivity (Wildman–Crippen MR) is 96.6 cm³/mol. The molecule has 0 saturated carbocycles. The molecule has 0 amide bonds. The molecule has 1 heterocycles. The molecule has 3 rings (SSSR count). The van der Waals surface area contributed by atoms with Crippen LogP contribution >= 0.6 is 0 Å². The second-order valence-corrected chi connectivity index (χ2v) is 5.63. The van der Waals surface area contributed by atoms with Gasteiger partial charge in [0.05, 0.1) is 12.6 Å². The number of carbonyl (C=O) groups excluding carboxylic acids is 1. The number of esters is 1. The van der Waals surface area contributed by atoms with E-state index in [4.69, 9.17) is 0 Å². The van der Waals surface area contributed by atoms with Gasteiger partial charge in [0.2, 0.25) is 0 Å². The van der Waals surface area contributed by atoms with Gasteiger partial charge in [-0.2, -0.15) is 0 Å². The SMILES string of the molecule is COC(=O)/C=C/c1ccc(CCc2cnc3ccccc3c2)cc1. The van der Waals surface area contributed by atoms with E-state index in [9.17, 15) is 4.79 Å². The predicted octanol–water partition coefficient (Wildman–Crippen LogP) is 4.21. The average Bonchev–Trinajstić information content (AvgIpc) is 2.65. The summed E-state index contributed by atoms with van der Waals surface area (Å²) in [7, 11) is 1.37. The molecule has 0 atom stereocenters. The van der Waals surface area contributed by atoms with E-state index < -0.39 is 0 Å². The molecule has 0 N–H and O–H groups in total. The van der Waals surface area contributed by atoms with Gasteiger partial charge >= 0.3 is 5.97 Å². The maximum atomic E-state index is 11.1. The molecule has 120 valence electrons. The first-order valence-electron chi connectivity index (χ1n) is 7.93. The van der Waals surface area contributed by atoms with Gasteiger partial charge in [0.1, 0.15) is 0 Å². The van der Waals surface area contributed by atoms with Crippen molar-refractivity contribution < 1.29 is 9.53 Å². The highest BCUT2D eigenvalue weighted by atomic mass is 16.5. The Morgan fingerprint density at radius 1 is 1.04 bits per heavy atom. The minimum absolute atomic E-state index is 0.345. The van der Waals surface area contributed by atoms with Gasteiger partial charge in [-0.25, -0.2) is 4.79 Å². The van der Waals surface area contributed by atoms with E-state index in [1.54, 1.807) is 6.08 Å². The van der Waals surface area contributed by atoms with Crippen LogP contribution in [0.3, 0.4) is 0 Å². The summed E-state index contributed by atoms with van der Waals surface area (Å²) in [4.78, 5) is 15.6. The zero-order valence-electron chi connectivity index (χ0n) is 13.6. The standard InChI is InChI=1S/C21H19NO2/c1-24-21(23)13-12-17-8-6-16(7-9-17)10-11-18-14-19-4-2-3-5-20(19)22-15-18/h2-9,12-15H,10-11H2,1H3/b13-12+. The molecule has 0 unspecified atom stereocenters. The molecule has 3 aromatic rings. The molecule has 0 saturated heterocycles. The highest BCUT2D eigenvalue weighted by Crippen LogP contribution is 2.15. The van der Waals surface area contributed by atoms with Crippen molar-refractivity contribution in [2.45, 2.75) is 12.8 Å². The van der Waals surface area contributed by atoms with Gasteiger partial charge in [-0.05, 0) is 47.7 Å². The molecule has 1 aromatic heterocycles. The fourth-order valence-electron chi connectivity index (χ4n) is 2.57. The molecule has 0 fully saturated rings. The molecule has 0 aliphatic carbocycles. The molecule has 0 radical (unpaired) electrons. The Hall–Kier alpha value is -2.94. The summed E-state index contributed by atoms with van der Waals surface area (Å²) >= 11 is 0. The van der Waals surface area contributed by atoms with Crippen LogP contribution in [-0.2, 0) is 22.4 Å². The van der Waals surface area contributed by atoms with Crippen molar-refractivity contribution in [2.75, 3.05) is 7.11 Å². The van der Waals surface area contributed by atoms with Crippen molar-refractivity contribution >= 4 is 22.9 Å². The monoisotopic (exact) mass is 317 g/mol. The van der Waals surface area contributed by atoms with E-state index in [1.165, 1.54) is 29.7 Å². The highest BCUT2D eigenvalue weighted by molar-refractivity contribution is 5.86. The van der Waals surface area contributed by atoms with E-state index >= 15 is 0 Å². The zero-order chi connectivity index (χ0) is 16.8. The molecule has 2 aromatic carbocycles. The third kappa shape index (κ3) is 4.07. The number of carbonyl (C=O) groups is 1. The molecule has 0 bridgehead atoms. The van der Waals surface area contributed by atoms with Gasteiger partial charge in [-0.1, -0.05) is 42.5 Å². The molecular weight excluding hydrogens is 298 g/mol. The number of aryl methyl sites for hydroxylation is 2. The molecule has 0 aliphatic heterocycles. The van der Waals surface area contributed by atoms with Crippen LogP contribution in [0.1, 0.15) is 16.7 Å². The van der Waals surface area contributed by atoms with Crippen molar-refractivity contribution in [3.63, 3.8) is 0 Å². The van der Waals surface area contributed by atoms with Crippen molar-refractivity contribution in [1.82, 2.24) is 4.98 Å². The maximum absolute atomic E-state index is 11.1. The Bertz CT molecular complexity index is 866. The molecule has 24 heavy (non-hydrogen) atoms. The van der Waals surface area contributed by atoms with Gasteiger partial charge < -0.3 is 4.74 Å². The minimum atomic E-state index is -0.345. The lowest BCUT2D eigenvalue weighted by atomic mass is 10.0. The number of fused-ring (bicyclic) bond motifs is 1. The summed E-state index contributed by atoms with van der Waals surface area (Å²) < 4.78 is 4.58. The number of hydrogen-bond acceptors (Lipinski definition) is 3. The lowest BCUT2D eigenvalue weighted by molar-refractivity contribution is -0.134. The second-order valence-electron chi connectivity index (χ2n) is 5.63. The summed E-state index contributed by atoms with van der Waals surface area (Å²) in [5.41, 5.74) is 4.52. The van der Waals surface area contributed by atoms with Crippen LogP contribution in [0.2, 0.25) is 0 Å². The first-order valence-corrected chi connectivity index (χ1v) is 7.93. The largest absolute Gasteiger partial charge is 0.466 e. The van der Waals surface area contributed by atoms with Crippen molar-refractivity contribution in [2.24, 2.45) is 0 Å². The van der Waals surface area contributed by atoms with Crippen LogP contribution < -0.4 is 0 Å². The summed E-state index contributed by atoms with van der Waals surface area (Å²) in [5, 5.41) is 1.18. The van der Waals surface area contributed by atoms with Crippen LogP contribution in [0, 0.1) is 0 Å². The number of aromatic nitrogens is 1. The average molecular weight is 317 g/mol. The Balaban J connectivity index is 1.63. The number of hydrogen-bond donors (Lipinski definition) is 0. The lowest BCUT2D eigenvalue weighted by Gasteiger charge is -2.04. The first kappa shape index (κ1) is 15.9. The number of ether oxygens (including phenoxy) is 1. The van der Waals surface area contributed by atoms with Gasteiger partial charge in [-0.15, -0.1) is 0 Å². The lowest BCUT2D eigenvalue weighted by Crippen LogP contribution is -1.94. The Kier molecular flexibility index (Phi) is 5.02. The third-order valence-corrected chi connectivity index (χ3v) is 3.94. The Morgan fingerprint density at radius 2 is 1.79 bits per heavy atom. The number of nitrogens with zero attached hydrogens (tertiary/aromatic N) is 1. The number of benzene rings is 2. The van der Waals surface area contributed by atoms with E-state index in [-0.39, 0.29) is 5.97 Å². The van der Waals surface area contributed by atoms with Gasteiger partial charge in [0, 0.05) is 17.7 Å². The van der Waals surface area contributed by atoms with Crippen molar-refractivity contribution in [1.29, 1.82) is 0 Å². The van der Waals surface area contributed by atoms with Crippen LogP contribution in [0.4, 0.5) is 0 Å². The number of methoxy groups -OCH3 is 1. The smallest absolute Gasteiger partial charge is 0.330 e. The van der Waals surface area contributed by atoms with E-state index in [0.717, 1.165) is 23.9 Å². The van der Waals surface area contributed by atoms with E-state index in [0.29, 0.717) is 0 Å². The normalized spacial score (nSPS) is 11.0. The van der Waals surface area contributed by atoms with Gasteiger partial charge in [-0.3, -0.25) is 4.98 Å².